The number of piperidine rings is 1. The molecule has 0 amide bonds. The lowest BCUT2D eigenvalue weighted by atomic mass is 9.92. The normalized spacial score (nSPS) is 24.6. The van der Waals surface area contributed by atoms with E-state index in [1.807, 2.05) is 19.2 Å². The largest absolute Gasteiger partial charge is 0.468 e. The first-order valence-electron chi connectivity index (χ1n) is 8.16. The minimum atomic E-state index is 0.200. The molecule has 0 spiro atoms. The topological polar surface area (TPSA) is 44.0 Å². The van der Waals surface area contributed by atoms with Crippen LogP contribution >= 0.6 is 0 Å². The highest BCUT2D eigenvalue weighted by atomic mass is 16.3. The van der Waals surface area contributed by atoms with Crippen molar-refractivity contribution in [1.82, 2.24) is 15.1 Å². The minimum Gasteiger partial charge on any atom is -0.468 e. The standard InChI is InChI=1S/C17H30N4O/c1-13-9-14(2)12-21(11-13)17(18-3)19-10-15(20(4)5)16-7-6-8-22-16/h6-8,13-15H,9-12H2,1-5H3,(H,18,19). The molecule has 0 aromatic carbocycles. The van der Waals surface area contributed by atoms with Crippen LogP contribution in [0.5, 0.6) is 0 Å². The van der Waals surface area contributed by atoms with Crippen molar-refractivity contribution in [3.63, 3.8) is 0 Å². The molecule has 1 aliphatic rings. The number of rotatable bonds is 4. The van der Waals surface area contributed by atoms with Gasteiger partial charge in [0.2, 0.25) is 0 Å². The molecule has 2 rings (SSSR count). The van der Waals surface area contributed by atoms with E-state index in [1.165, 1.54) is 6.42 Å². The molecule has 0 saturated carbocycles. The summed E-state index contributed by atoms with van der Waals surface area (Å²) in [5, 5.41) is 3.52. The fourth-order valence-electron chi connectivity index (χ4n) is 3.37. The molecular formula is C17H30N4O. The van der Waals surface area contributed by atoms with E-state index >= 15 is 0 Å². The molecule has 1 aromatic heterocycles. The molecule has 0 aliphatic carbocycles. The fraction of sp³-hybridized carbons (Fsp3) is 0.706. The Hall–Kier alpha value is -1.49. The number of likely N-dealkylation sites (tertiary alicyclic amines) is 1. The molecule has 1 aromatic rings. The maximum atomic E-state index is 5.57. The second-order valence-corrected chi connectivity index (χ2v) is 6.77. The van der Waals surface area contributed by atoms with E-state index in [-0.39, 0.29) is 6.04 Å². The number of hydrogen-bond acceptors (Lipinski definition) is 3. The molecule has 2 heterocycles. The molecule has 1 fully saturated rings. The number of hydrogen-bond donors (Lipinski definition) is 1. The van der Waals surface area contributed by atoms with Crippen LogP contribution in [-0.2, 0) is 0 Å². The van der Waals surface area contributed by atoms with Crippen molar-refractivity contribution in [2.45, 2.75) is 26.3 Å². The van der Waals surface area contributed by atoms with Crippen molar-refractivity contribution in [3.8, 4) is 0 Å². The van der Waals surface area contributed by atoms with Crippen molar-refractivity contribution >= 4 is 5.96 Å². The van der Waals surface area contributed by atoms with Crippen LogP contribution in [0.3, 0.4) is 0 Å². The van der Waals surface area contributed by atoms with Gasteiger partial charge in [-0.25, -0.2) is 0 Å². The molecule has 1 aliphatic heterocycles. The van der Waals surface area contributed by atoms with E-state index < -0.39 is 0 Å². The molecule has 0 bridgehead atoms. The van der Waals surface area contributed by atoms with Crippen LogP contribution < -0.4 is 5.32 Å². The maximum Gasteiger partial charge on any atom is 0.193 e. The third-order valence-electron chi connectivity index (χ3n) is 4.33. The van der Waals surface area contributed by atoms with Crippen molar-refractivity contribution in [2.75, 3.05) is 40.8 Å². The second-order valence-electron chi connectivity index (χ2n) is 6.77. The van der Waals surface area contributed by atoms with Gasteiger partial charge in [-0.05, 0) is 44.5 Å². The molecule has 22 heavy (non-hydrogen) atoms. The average molecular weight is 306 g/mol. The molecule has 0 radical (unpaired) electrons. The maximum absolute atomic E-state index is 5.57. The van der Waals surface area contributed by atoms with E-state index in [4.69, 9.17) is 4.42 Å². The number of guanidine groups is 1. The van der Waals surface area contributed by atoms with E-state index in [9.17, 15) is 0 Å². The van der Waals surface area contributed by atoms with Crippen LogP contribution in [0.15, 0.2) is 27.8 Å². The first kappa shape index (κ1) is 16.9. The number of nitrogens with one attached hydrogen (secondary N) is 1. The number of likely N-dealkylation sites (N-methyl/N-ethyl adjacent to an activating group) is 1. The van der Waals surface area contributed by atoms with Crippen LogP contribution in [0.1, 0.15) is 32.1 Å². The van der Waals surface area contributed by atoms with Gasteiger partial charge in [0.25, 0.3) is 0 Å². The Labute approximate surface area is 134 Å². The summed E-state index contributed by atoms with van der Waals surface area (Å²) in [6.07, 6.45) is 3.04. The van der Waals surface area contributed by atoms with E-state index in [1.54, 1.807) is 6.26 Å². The summed E-state index contributed by atoms with van der Waals surface area (Å²) in [6.45, 7) is 7.59. The van der Waals surface area contributed by atoms with Gasteiger partial charge >= 0.3 is 0 Å². The molecule has 1 saturated heterocycles. The summed E-state index contributed by atoms with van der Waals surface area (Å²) in [5.74, 6) is 3.42. The highest BCUT2D eigenvalue weighted by Gasteiger charge is 2.25. The smallest absolute Gasteiger partial charge is 0.193 e. The summed E-state index contributed by atoms with van der Waals surface area (Å²) in [7, 11) is 6.01. The van der Waals surface area contributed by atoms with Gasteiger partial charge in [-0.1, -0.05) is 13.8 Å². The summed E-state index contributed by atoms with van der Waals surface area (Å²) < 4.78 is 5.57. The fourth-order valence-corrected chi connectivity index (χ4v) is 3.37. The van der Waals surface area contributed by atoms with Crippen molar-refractivity contribution in [1.29, 1.82) is 0 Å². The molecule has 3 unspecified atom stereocenters. The molecular weight excluding hydrogens is 276 g/mol. The number of nitrogens with zero attached hydrogens (tertiary/aromatic N) is 3. The van der Waals surface area contributed by atoms with Crippen LogP contribution in [0, 0.1) is 11.8 Å². The Kier molecular flexibility index (Phi) is 5.89. The summed E-state index contributed by atoms with van der Waals surface area (Å²) in [4.78, 5) is 9.03. The molecule has 124 valence electrons. The van der Waals surface area contributed by atoms with Gasteiger partial charge in [0, 0.05) is 26.7 Å². The highest BCUT2D eigenvalue weighted by molar-refractivity contribution is 5.80. The van der Waals surface area contributed by atoms with Gasteiger partial charge in [-0.3, -0.25) is 9.89 Å². The van der Waals surface area contributed by atoms with Gasteiger partial charge in [0.15, 0.2) is 5.96 Å². The summed E-state index contributed by atoms with van der Waals surface area (Å²) >= 11 is 0. The average Bonchev–Trinajstić information content (AvgIpc) is 2.95. The van der Waals surface area contributed by atoms with Gasteiger partial charge in [-0.15, -0.1) is 0 Å². The lowest BCUT2D eigenvalue weighted by Crippen LogP contribution is -2.49. The van der Waals surface area contributed by atoms with E-state index in [0.29, 0.717) is 0 Å². The third-order valence-corrected chi connectivity index (χ3v) is 4.33. The minimum absolute atomic E-state index is 0.200. The Morgan fingerprint density at radius 3 is 2.59 bits per heavy atom. The predicted octanol–water partition coefficient (Wildman–Crippen LogP) is 2.44. The monoisotopic (exact) mass is 306 g/mol. The van der Waals surface area contributed by atoms with Crippen LogP contribution in [-0.4, -0.2) is 56.5 Å². The quantitative estimate of drug-likeness (QED) is 0.685. The lowest BCUT2D eigenvalue weighted by molar-refractivity contribution is 0.204. The first-order valence-corrected chi connectivity index (χ1v) is 8.16. The third kappa shape index (κ3) is 4.26. The van der Waals surface area contributed by atoms with Crippen molar-refractivity contribution < 1.29 is 4.42 Å². The molecule has 5 nitrogen and oxygen atoms in total. The highest BCUT2D eigenvalue weighted by Crippen LogP contribution is 2.21. The van der Waals surface area contributed by atoms with Gasteiger partial charge in [0.1, 0.15) is 5.76 Å². The number of aliphatic imine (C=N–C) groups is 1. The zero-order valence-electron chi connectivity index (χ0n) is 14.5. The van der Waals surface area contributed by atoms with E-state index in [0.717, 1.165) is 43.2 Å². The van der Waals surface area contributed by atoms with Crippen molar-refractivity contribution in [3.05, 3.63) is 24.2 Å². The Balaban J connectivity index is 1.98. The predicted molar refractivity (Wildman–Crippen MR) is 91.0 cm³/mol. The Bertz CT molecular complexity index is 459. The molecule has 5 heteroatoms. The van der Waals surface area contributed by atoms with Crippen molar-refractivity contribution in [2.24, 2.45) is 16.8 Å². The zero-order chi connectivity index (χ0) is 16.1. The lowest BCUT2D eigenvalue weighted by Gasteiger charge is -2.37. The van der Waals surface area contributed by atoms with Crippen LogP contribution in [0.2, 0.25) is 0 Å². The Morgan fingerprint density at radius 1 is 1.41 bits per heavy atom. The van der Waals surface area contributed by atoms with Gasteiger partial charge < -0.3 is 14.6 Å². The zero-order valence-corrected chi connectivity index (χ0v) is 14.5. The Morgan fingerprint density at radius 2 is 2.09 bits per heavy atom. The molecule has 3 atom stereocenters. The first-order chi connectivity index (χ1) is 10.5. The summed E-state index contributed by atoms with van der Waals surface area (Å²) in [6, 6.07) is 4.17. The second kappa shape index (κ2) is 7.68. The van der Waals surface area contributed by atoms with E-state index in [2.05, 4.69) is 48.1 Å². The molecule has 1 N–H and O–H groups in total. The van der Waals surface area contributed by atoms with Crippen LogP contribution in [0.4, 0.5) is 0 Å². The van der Waals surface area contributed by atoms with Gasteiger partial charge in [0.05, 0.1) is 12.3 Å². The van der Waals surface area contributed by atoms with Gasteiger partial charge in [-0.2, -0.15) is 0 Å². The number of furan rings is 1. The summed E-state index contributed by atoms with van der Waals surface area (Å²) in [5.41, 5.74) is 0. The SMILES string of the molecule is CN=C(NCC(c1ccco1)N(C)C)N1CC(C)CC(C)C1. The van der Waals surface area contributed by atoms with Crippen LogP contribution in [0.25, 0.3) is 0 Å².